The highest BCUT2D eigenvalue weighted by Gasteiger charge is 2.16. The van der Waals surface area contributed by atoms with E-state index in [-0.39, 0.29) is 24.9 Å². The molecule has 2 aromatic rings. The van der Waals surface area contributed by atoms with Crippen molar-refractivity contribution in [3.05, 3.63) is 35.8 Å². The Kier molecular flexibility index (Phi) is 6.74. The van der Waals surface area contributed by atoms with Crippen LogP contribution in [0.4, 0.5) is 5.69 Å². The molecule has 0 spiro atoms. The first-order valence-corrected chi connectivity index (χ1v) is 6.51. The number of nitrogens with one attached hydrogen (secondary N) is 1. The van der Waals surface area contributed by atoms with E-state index in [0.29, 0.717) is 34.3 Å². The lowest BCUT2D eigenvalue weighted by molar-refractivity contribution is 0.102. The molecule has 0 bridgehead atoms. The van der Waals surface area contributed by atoms with Gasteiger partial charge in [0.05, 0.1) is 33.4 Å². The SMILES string of the molecule is COc1cc(NC(=O)c2coc(CN)c2)cc(OC)c1OC.Cl. The largest absolute Gasteiger partial charge is 0.493 e. The summed E-state index contributed by atoms with van der Waals surface area (Å²) in [5, 5.41) is 2.74. The summed E-state index contributed by atoms with van der Waals surface area (Å²) < 4.78 is 20.8. The Morgan fingerprint density at radius 3 is 2.17 bits per heavy atom. The van der Waals surface area contributed by atoms with Crippen LogP contribution in [0.5, 0.6) is 17.2 Å². The van der Waals surface area contributed by atoms with E-state index in [9.17, 15) is 4.79 Å². The Morgan fingerprint density at radius 1 is 1.13 bits per heavy atom. The number of furan rings is 1. The second-order valence-corrected chi connectivity index (χ2v) is 4.37. The molecule has 3 N–H and O–H groups in total. The normalized spacial score (nSPS) is 9.74. The summed E-state index contributed by atoms with van der Waals surface area (Å²) in [6, 6.07) is 4.87. The number of nitrogens with two attached hydrogens (primary N) is 1. The van der Waals surface area contributed by atoms with Crippen LogP contribution in [-0.4, -0.2) is 27.2 Å². The summed E-state index contributed by atoms with van der Waals surface area (Å²) in [7, 11) is 4.53. The molecular weight excluding hydrogens is 324 g/mol. The van der Waals surface area contributed by atoms with Gasteiger partial charge in [-0.15, -0.1) is 12.4 Å². The third-order valence-corrected chi connectivity index (χ3v) is 3.04. The number of hydrogen-bond donors (Lipinski definition) is 2. The first-order valence-electron chi connectivity index (χ1n) is 6.51. The van der Waals surface area contributed by atoms with E-state index >= 15 is 0 Å². The molecule has 1 heterocycles. The monoisotopic (exact) mass is 342 g/mol. The zero-order valence-electron chi connectivity index (χ0n) is 13.0. The highest BCUT2D eigenvalue weighted by atomic mass is 35.5. The Hall–Kier alpha value is -2.38. The molecule has 1 aromatic carbocycles. The molecule has 7 nitrogen and oxygen atoms in total. The number of carbonyl (C=O) groups excluding carboxylic acids is 1. The summed E-state index contributed by atoms with van der Waals surface area (Å²) in [4.78, 5) is 12.2. The predicted molar refractivity (Wildman–Crippen MR) is 87.9 cm³/mol. The Labute approximate surface area is 140 Å². The predicted octanol–water partition coefficient (Wildman–Crippen LogP) is 2.44. The topological polar surface area (TPSA) is 96.0 Å². The average molecular weight is 343 g/mol. The summed E-state index contributed by atoms with van der Waals surface area (Å²) in [5.74, 6) is 1.57. The van der Waals surface area contributed by atoms with Crippen LogP contribution in [0.1, 0.15) is 16.1 Å². The average Bonchev–Trinajstić information content (AvgIpc) is 3.03. The number of anilines is 1. The zero-order valence-corrected chi connectivity index (χ0v) is 13.9. The molecule has 0 aliphatic rings. The van der Waals surface area contributed by atoms with Gasteiger partial charge in [0.2, 0.25) is 5.75 Å². The minimum absolute atomic E-state index is 0. The van der Waals surface area contributed by atoms with Gasteiger partial charge in [0.1, 0.15) is 12.0 Å². The Bertz CT molecular complexity index is 647. The highest BCUT2D eigenvalue weighted by molar-refractivity contribution is 6.04. The van der Waals surface area contributed by atoms with Gasteiger partial charge in [0.25, 0.3) is 5.91 Å². The van der Waals surface area contributed by atoms with E-state index in [2.05, 4.69) is 5.32 Å². The molecule has 8 heteroatoms. The molecule has 126 valence electrons. The highest BCUT2D eigenvalue weighted by Crippen LogP contribution is 2.40. The maximum atomic E-state index is 12.2. The molecule has 0 aliphatic heterocycles. The van der Waals surface area contributed by atoms with E-state index in [0.717, 1.165) is 0 Å². The third kappa shape index (κ3) is 4.08. The molecular formula is C15H19ClN2O5. The smallest absolute Gasteiger partial charge is 0.258 e. The van der Waals surface area contributed by atoms with Gasteiger partial charge in [-0.05, 0) is 6.07 Å². The van der Waals surface area contributed by atoms with E-state index in [4.69, 9.17) is 24.4 Å². The Morgan fingerprint density at radius 2 is 1.74 bits per heavy atom. The number of benzene rings is 1. The maximum absolute atomic E-state index is 12.2. The fourth-order valence-electron chi connectivity index (χ4n) is 1.96. The van der Waals surface area contributed by atoms with Crippen molar-refractivity contribution in [3.63, 3.8) is 0 Å². The van der Waals surface area contributed by atoms with E-state index in [1.807, 2.05) is 0 Å². The molecule has 0 saturated heterocycles. The van der Waals surface area contributed by atoms with E-state index in [1.165, 1.54) is 27.6 Å². The molecule has 0 fully saturated rings. The number of amides is 1. The van der Waals surface area contributed by atoms with Crippen LogP contribution < -0.4 is 25.3 Å². The van der Waals surface area contributed by atoms with Gasteiger partial charge >= 0.3 is 0 Å². The quantitative estimate of drug-likeness (QED) is 0.837. The number of carbonyl (C=O) groups is 1. The van der Waals surface area contributed by atoms with Crippen molar-refractivity contribution in [2.45, 2.75) is 6.54 Å². The molecule has 2 rings (SSSR count). The second kappa shape index (κ2) is 8.30. The standard InChI is InChI=1S/C15H18N2O5.ClH/c1-19-12-5-10(6-13(20-2)14(12)21-3)17-15(18)9-4-11(7-16)22-8-9;/h4-6,8H,7,16H2,1-3H3,(H,17,18);1H. The summed E-state index contributed by atoms with van der Waals surface area (Å²) in [5.41, 5.74) is 6.34. The first-order chi connectivity index (χ1) is 10.6. The lowest BCUT2D eigenvalue weighted by atomic mass is 10.2. The number of halogens is 1. The van der Waals surface area contributed by atoms with Gasteiger partial charge in [0.15, 0.2) is 11.5 Å². The van der Waals surface area contributed by atoms with Crippen molar-refractivity contribution < 1.29 is 23.4 Å². The fourth-order valence-corrected chi connectivity index (χ4v) is 1.96. The number of rotatable bonds is 6. The minimum atomic E-state index is -0.322. The van der Waals surface area contributed by atoms with Crippen molar-refractivity contribution in [2.24, 2.45) is 5.73 Å². The van der Waals surface area contributed by atoms with Gasteiger partial charge in [-0.25, -0.2) is 0 Å². The lowest BCUT2D eigenvalue weighted by Gasteiger charge is -2.14. The van der Waals surface area contributed by atoms with Crippen LogP contribution in [0, 0.1) is 0 Å². The van der Waals surface area contributed by atoms with Crippen molar-refractivity contribution in [1.29, 1.82) is 0 Å². The number of hydrogen-bond acceptors (Lipinski definition) is 6. The molecule has 1 aromatic heterocycles. The van der Waals surface area contributed by atoms with Crippen molar-refractivity contribution >= 4 is 24.0 Å². The number of methoxy groups -OCH3 is 3. The first kappa shape index (κ1) is 18.7. The summed E-state index contributed by atoms with van der Waals surface area (Å²) in [6.45, 7) is 0.234. The van der Waals surface area contributed by atoms with Crippen molar-refractivity contribution in [2.75, 3.05) is 26.6 Å². The molecule has 0 aliphatic carbocycles. The molecule has 0 unspecified atom stereocenters. The van der Waals surface area contributed by atoms with Gasteiger partial charge in [0, 0.05) is 17.8 Å². The van der Waals surface area contributed by atoms with Crippen LogP contribution in [-0.2, 0) is 6.54 Å². The summed E-state index contributed by atoms with van der Waals surface area (Å²) in [6.07, 6.45) is 1.36. The molecule has 0 radical (unpaired) electrons. The van der Waals surface area contributed by atoms with E-state index < -0.39 is 0 Å². The van der Waals surface area contributed by atoms with E-state index in [1.54, 1.807) is 18.2 Å². The van der Waals surface area contributed by atoms with Gasteiger partial charge in [-0.3, -0.25) is 4.79 Å². The minimum Gasteiger partial charge on any atom is -0.493 e. The molecule has 1 amide bonds. The fraction of sp³-hybridized carbons (Fsp3) is 0.267. The maximum Gasteiger partial charge on any atom is 0.258 e. The second-order valence-electron chi connectivity index (χ2n) is 4.37. The van der Waals surface area contributed by atoms with Crippen LogP contribution in [0.2, 0.25) is 0 Å². The zero-order chi connectivity index (χ0) is 16.1. The Balaban J connectivity index is 0.00000264. The summed E-state index contributed by atoms with van der Waals surface area (Å²) >= 11 is 0. The van der Waals surface area contributed by atoms with Crippen LogP contribution in [0.3, 0.4) is 0 Å². The number of ether oxygens (including phenoxy) is 3. The third-order valence-electron chi connectivity index (χ3n) is 3.04. The molecule has 0 atom stereocenters. The van der Waals surface area contributed by atoms with Gasteiger partial charge in [-0.1, -0.05) is 0 Å². The van der Waals surface area contributed by atoms with Crippen LogP contribution in [0.15, 0.2) is 28.9 Å². The molecule has 0 saturated carbocycles. The van der Waals surface area contributed by atoms with Crippen LogP contribution >= 0.6 is 12.4 Å². The van der Waals surface area contributed by atoms with Crippen molar-refractivity contribution in [3.8, 4) is 17.2 Å². The molecule has 23 heavy (non-hydrogen) atoms. The van der Waals surface area contributed by atoms with Gasteiger partial charge < -0.3 is 29.7 Å². The van der Waals surface area contributed by atoms with Crippen LogP contribution in [0.25, 0.3) is 0 Å². The lowest BCUT2D eigenvalue weighted by Crippen LogP contribution is -2.11. The van der Waals surface area contributed by atoms with Crippen molar-refractivity contribution in [1.82, 2.24) is 0 Å². The van der Waals surface area contributed by atoms with Gasteiger partial charge in [-0.2, -0.15) is 0 Å².